The molecule has 0 aliphatic carbocycles. The van der Waals surface area contributed by atoms with Crippen LogP contribution in [0.5, 0.6) is 0 Å². The normalized spacial score (nSPS) is 14.1. The van der Waals surface area contributed by atoms with Gasteiger partial charge < -0.3 is 14.5 Å². The molecule has 1 N–H and O–H groups in total. The van der Waals surface area contributed by atoms with Crippen molar-refractivity contribution in [1.82, 2.24) is 0 Å². The van der Waals surface area contributed by atoms with Crippen molar-refractivity contribution in [3.63, 3.8) is 0 Å². The monoisotopic (exact) mass is 359 g/mol. The van der Waals surface area contributed by atoms with Gasteiger partial charge in [-0.3, -0.25) is 4.79 Å². The molecule has 5 heteroatoms. The van der Waals surface area contributed by atoms with Crippen LogP contribution in [0.3, 0.4) is 0 Å². The SMILES string of the molecule is Cc1ccc(C(=O)OCc2ccc(/C=C3/C(=O)Nc4ccccc43)o2)cc1. The van der Waals surface area contributed by atoms with Gasteiger partial charge in [-0.15, -0.1) is 0 Å². The van der Waals surface area contributed by atoms with Crippen molar-refractivity contribution < 1.29 is 18.7 Å². The molecule has 5 nitrogen and oxygen atoms in total. The van der Waals surface area contributed by atoms with Crippen LogP contribution in [0.1, 0.15) is 33.0 Å². The molecule has 2 aromatic carbocycles. The average Bonchev–Trinajstić information content (AvgIpc) is 3.25. The van der Waals surface area contributed by atoms with Crippen molar-refractivity contribution in [3.05, 3.63) is 88.9 Å². The van der Waals surface area contributed by atoms with Crippen LogP contribution < -0.4 is 5.32 Å². The topological polar surface area (TPSA) is 68.5 Å². The average molecular weight is 359 g/mol. The number of amides is 1. The van der Waals surface area contributed by atoms with Crippen molar-refractivity contribution in [2.45, 2.75) is 13.5 Å². The highest BCUT2D eigenvalue weighted by atomic mass is 16.5. The summed E-state index contributed by atoms with van der Waals surface area (Å²) in [4.78, 5) is 24.2. The molecular weight excluding hydrogens is 342 g/mol. The summed E-state index contributed by atoms with van der Waals surface area (Å²) in [6.07, 6.45) is 1.69. The number of nitrogens with one attached hydrogen (secondary N) is 1. The standard InChI is InChI=1S/C22H17NO4/c1-14-6-8-15(9-7-14)22(25)26-13-17-11-10-16(27-17)12-19-18-4-2-3-5-20(18)23-21(19)24/h2-12H,13H2,1H3,(H,23,24)/b19-12+. The van der Waals surface area contributed by atoms with Gasteiger partial charge in [0.15, 0.2) is 0 Å². The molecule has 0 radical (unpaired) electrons. The van der Waals surface area contributed by atoms with E-state index >= 15 is 0 Å². The van der Waals surface area contributed by atoms with Crippen molar-refractivity contribution in [2.75, 3.05) is 5.32 Å². The summed E-state index contributed by atoms with van der Waals surface area (Å²) in [5, 5.41) is 2.82. The molecule has 0 atom stereocenters. The lowest BCUT2D eigenvalue weighted by Crippen LogP contribution is -2.04. The lowest BCUT2D eigenvalue weighted by atomic mass is 10.1. The number of esters is 1. The first-order chi connectivity index (χ1) is 13.1. The molecule has 0 saturated carbocycles. The van der Waals surface area contributed by atoms with Crippen molar-refractivity contribution in [3.8, 4) is 0 Å². The van der Waals surface area contributed by atoms with Crippen LogP contribution in [0.4, 0.5) is 5.69 Å². The first-order valence-electron chi connectivity index (χ1n) is 8.55. The first-order valence-corrected chi connectivity index (χ1v) is 8.55. The third-order valence-electron chi connectivity index (χ3n) is 4.31. The number of rotatable bonds is 4. The van der Waals surface area contributed by atoms with E-state index in [2.05, 4.69) is 5.32 Å². The summed E-state index contributed by atoms with van der Waals surface area (Å²) in [7, 11) is 0. The number of benzene rings is 2. The summed E-state index contributed by atoms with van der Waals surface area (Å²) in [5.41, 5.74) is 3.74. The highest BCUT2D eigenvalue weighted by Gasteiger charge is 2.23. The van der Waals surface area contributed by atoms with E-state index in [1.807, 2.05) is 43.3 Å². The van der Waals surface area contributed by atoms with Gasteiger partial charge in [0.2, 0.25) is 0 Å². The first kappa shape index (κ1) is 16.8. The number of furan rings is 1. The minimum atomic E-state index is -0.407. The highest BCUT2D eigenvalue weighted by Crippen LogP contribution is 2.32. The summed E-state index contributed by atoms with van der Waals surface area (Å²) in [6, 6.07) is 18.1. The Bertz CT molecular complexity index is 1040. The van der Waals surface area contributed by atoms with Crippen LogP contribution in [0.2, 0.25) is 0 Å². The van der Waals surface area contributed by atoms with Crippen LogP contribution >= 0.6 is 0 Å². The highest BCUT2D eigenvalue weighted by molar-refractivity contribution is 6.34. The molecular formula is C22H17NO4. The Kier molecular flexibility index (Phi) is 4.34. The Balaban J connectivity index is 1.45. The Morgan fingerprint density at radius 3 is 2.67 bits per heavy atom. The quantitative estimate of drug-likeness (QED) is 0.552. The Morgan fingerprint density at radius 2 is 1.85 bits per heavy atom. The number of carbonyl (C=O) groups is 2. The fraction of sp³-hybridized carbons (Fsp3) is 0.0909. The number of ether oxygens (including phenoxy) is 1. The molecule has 1 aliphatic heterocycles. The van der Waals surface area contributed by atoms with Crippen LogP contribution in [0, 0.1) is 6.92 Å². The molecule has 0 saturated heterocycles. The summed E-state index contributed by atoms with van der Waals surface area (Å²) < 4.78 is 11.0. The minimum absolute atomic E-state index is 0.0265. The van der Waals surface area contributed by atoms with Gasteiger partial charge in [-0.2, -0.15) is 0 Å². The lowest BCUT2D eigenvalue weighted by molar-refractivity contribution is -0.110. The van der Waals surface area contributed by atoms with Crippen LogP contribution in [-0.4, -0.2) is 11.9 Å². The van der Waals surface area contributed by atoms with Crippen molar-refractivity contribution in [2.24, 2.45) is 0 Å². The van der Waals surface area contributed by atoms with Gasteiger partial charge in [0.25, 0.3) is 5.91 Å². The zero-order chi connectivity index (χ0) is 18.8. The number of fused-ring (bicyclic) bond motifs is 1. The molecule has 27 heavy (non-hydrogen) atoms. The molecule has 2 heterocycles. The zero-order valence-electron chi connectivity index (χ0n) is 14.7. The van der Waals surface area contributed by atoms with Crippen molar-refractivity contribution in [1.29, 1.82) is 0 Å². The molecule has 1 aromatic heterocycles. The number of carbonyl (C=O) groups excluding carboxylic acids is 2. The predicted octanol–water partition coefficient (Wildman–Crippen LogP) is 4.44. The molecule has 1 aliphatic rings. The van der Waals surface area contributed by atoms with Crippen LogP contribution in [-0.2, 0) is 16.1 Å². The molecule has 0 spiro atoms. The Labute approximate surface area is 156 Å². The van der Waals surface area contributed by atoms with Gasteiger partial charge in [0.1, 0.15) is 18.1 Å². The maximum Gasteiger partial charge on any atom is 0.338 e. The van der Waals surface area contributed by atoms with Gasteiger partial charge in [-0.05, 0) is 43.3 Å². The Hall–Kier alpha value is -3.60. The number of aryl methyl sites for hydroxylation is 1. The van der Waals surface area contributed by atoms with E-state index in [9.17, 15) is 9.59 Å². The molecule has 134 valence electrons. The molecule has 0 unspecified atom stereocenters. The third-order valence-corrected chi connectivity index (χ3v) is 4.31. The summed E-state index contributed by atoms with van der Waals surface area (Å²) in [5.74, 6) is 0.461. The third kappa shape index (κ3) is 3.53. The van der Waals surface area contributed by atoms with Gasteiger partial charge >= 0.3 is 5.97 Å². The number of para-hydroxylation sites is 1. The van der Waals surface area contributed by atoms with E-state index in [1.54, 1.807) is 30.3 Å². The van der Waals surface area contributed by atoms with Gasteiger partial charge in [-0.25, -0.2) is 4.79 Å². The Morgan fingerprint density at radius 1 is 1.07 bits per heavy atom. The lowest BCUT2D eigenvalue weighted by Gasteiger charge is -2.03. The molecule has 4 rings (SSSR count). The fourth-order valence-electron chi connectivity index (χ4n) is 2.88. The van der Waals surface area contributed by atoms with E-state index in [4.69, 9.17) is 9.15 Å². The fourth-order valence-corrected chi connectivity index (χ4v) is 2.88. The second-order valence-corrected chi connectivity index (χ2v) is 6.30. The summed E-state index contributed by atoms with van der Waals surface area (Å²) in [6.45, 7) is 1.98. The maximum absolute atomic E-state index is 12.1. The van der Waals surface area contributed by atoms with E-state index in [-0.39, 0.29) is 12.5 Å². The molecule has 0 fully saturated rings. The maximum atomic E-state index is 12.1. The largest absolute Gasteiger partial charge is 0.458 e. The van der Waals surface area contributed by atoms with Gasteiger partial charge in [-0.1, -0.05) is 35.9 Å². The summed E-state index contributed by atoms with van der Waals surface area (Å²) >= 11 is 0. The number of hydrogen-bond donors (Lipinski definition) is 1. The zero-order valence-corrected chi connectivity index (χ0v) is 14.7. The van der Waals surface area contributed by atoms with Gasteiger partial charge in [0.05, 0.1) is 11.1 Å². The van der Waals surface area contributed by atoms with E-state index < -0.39 is 5.97 Å². The van der Waals surface area contributed by atoms with E-state index in [1.165, 1.54) is 0 Å². The molecule has 0 bridgehead atoms. The van der Waals surface area contributed by atoms with Crippen LogP contribution in [0.15, 0.2) is 65.1 Å². The minimum Gasteiger partial charge on any atom is -0.458 e. The smallest absolute Gasteiger partial charge is 0.338 e. The van der Waals surface area contributed by atoms with Crippen LogP contribution in [0.25, 0.3) is 11.6 Å². The van der Waals surface area contributed by atoms with Crippen molar-refractivity contribution >= 4 is 29.2 Å². The number of anilines is 1. The van der Waals surface area contributed by atoms with Gasteiger partial charge in [0, 0.05) is 11.3 Å². The second-order valence-electron chi connectivity index (χ2n) is 6.30. The predicted molar refractivity (Wildman–Crippen MR) is 102 cm³/mol. The van der Waals surface area contributed by atoms with E-state index in [0.29, 0.717) is 22.7 Å². The number of hydrogen-bond acceptors (Lipinski definition) is 4. The second kappa shape index (κ2) is 6.96. The van der Waals surface area contributed by atoms with E-state index in [0.717, 1.165) is 16.8 Å². The molecule has 3 aromatic rings. The molecule has 1 amide bonds.